The van der Waals surface area contributed by atoms with Crippen LogP contribution in [0.2, 0.25) is 0 Å². The van der Waals surface area contributed by atoms with Crippen molar-refractivity contribution in [2.24, 2.45) is 0 Å². The molecule has 2 fully saturated rings. The zero-order chi connectivity index (χ0) is 13.3. The molecule has 3 N–H and O–H groups in total. The van der Waals surface area contributed by atoms with Crippen LogP contribution in [0.25, 0.3) is 0 Å². The number of urea groups is 2. The lowest BCUT2D eigenvalue weighted by molar-refractivity contribution is -0.125. The number of carbonyl (C=O) groups excluding carboxylic acids is 3. The number of imide groups is 1. The number of carbonyl (C=O) groups is 3. The Kier molecular flexibility index (Phi) is 3.14. The summed E-state index contributed by atoms with van der Waals surface area (Å²) in [6.07, 6.45) is 1.26. The van der Waals surface area contributed by atoms with E-state index < -0.39 is 11.6 Å². The van der Waals surface area contributed by atoms with Gasteiger partial charge in [-0.25, -0.2) is 9.59 Å². The lowest BCUT2D eigenvalue weighted by Crippen LogP contribution is -2.61. The van der Waals surface area contributed by atoms with Crippen LogP contribution in [0.1, 0.15) is 26.7 Å². The van der Waals surface area contributed by atoms with Gasteiger partial charge in [0.1, 0.15) is 5.54 Å². The van der Waals surface area contributed by atoms with Crippen molar-refractivity contribution >= 4 is 18.0 Å². The molecule has 1 atom stereocenters. The molecule has 1 unspecified atom stereocenters. The number of hydrogen-bond donors (Lipinski definition) is 3. The van der Waals surface area contributed by atoms with E-state index in [1.165, 1.54) is 0 Å². The van der Waals surface area contributed by atoms with Crippen LogP contribution in [0.4, 0.5) is 9.59 Å². The van der Waals surface area contributed by atoms with Crippen molar-refractivity contribution in [3.63, 3.8) is 0 Å². The van der Waals surface area contributed by atoms with Crippen molar-refractivity contribution in [1.82, 2.24) is 20.9 Å². The topological polar surface area (TPSA) is 90.5 Å². The van der Waals surface area contributed by atoms with Gasteiger partial charge in [-0.2, -0.15) is 0 Å². The Balaban J connectivity index is 2.07. The first kappa shape index (κ1) is 12.7. The Morgan fingerprint density at radius 1 is 1.44 bits per heavy atom. The average Bonchev–Trinajstić information content (AvgIpc) is 2.52. The number of amides is 5. The minimum Gasteiger partial charge on any atom is -0.336 e. The quantitative estimate of drug-likeness (QED) is 0.565. The minimum absolute atomic E-state index is 0.0439. The molecule has 2 saturated heterocycles. The van der Waals surface area contributed by atoms with E-state index in [0.29, 0.717) is 19.4 Å². The standard InChI is InChI=1S/C11H18N4O3/c1-7(2)12-10(18)15-5-3-4-11(6-15)8(16)13-9(17)14-11/h7H,3-6H2,1-2H3,(H,12,18)(H2,13,14,16,17). The molecule has 1 spiro atoms. The van der Waals surface area contributed by atoms with Crippen molar-refractivity contribution in [1.29, 1.82) is 0 Å². The lowest BCUT2D eigenvalue weighted by Gasteiger charge is -2.38. The first-order chi connectivity index (χ1) is 8.43. The molecule has 18 heavy (non-hydrogen) atoms. The molecule has 5 amide bonds. The van der Waals surface area contributed by atoms with Crippen molar-refractivity contribution in [3.8, 4) is 0 Å². The number of piperidine rings is 1. The van der Waals surface area contributed by atoms with Crippen LogP contribution in [0.3, 0.4) is 0 Å². The van der Waals surface area contributed by atoms with Crippen molar-refractivity contribution in [3.05, 3.63) is 0 Å². The summed E-state index contributed by atoms with van der Waals surface area (Å²) in [4.78, 5) is 36.5. The Morgan fingerprint density at radius 2 is 2.17 bits per heavy atom. The number of nitrogens with zero attached hydrogens (tertiary/aromatic N) is 1. The van der Waals surface area contributed by atoms with Crippen molar-refractivity contribution < 1.29 is 14.4 Å². The maximum Gasteiger partial charge on any atom is 0.322 e. The van der Waals surface area contributed by atoms with Crippen LogP contribution in [0.15, 0.2) is 0 Å². The highest BCUT2D eigenvalue weighted by Gasteiger charge is 2.49. The van der Waals surface area contributed by atoms with Gasteiger partial charge < -0.3 is 15.5 Å². The zero-order valence-electron chi connectivity index (χ0n) is 10.6. The normalized spacial score (nSPS) is 27.4. The van der Waals surface area contributed by atoms with Gasteiger partial charge in [0.25, 0.3) is 5.91 Å². The highest BCUT2D eigenvalue weighted by molar-refractivity contribution is 6.07. The molecule has 2 aliphatic rings. The highest BCUT2D eigenvalue weighted by Crippen LogP contribution is 2.24. The van der Waals surface area contributed by atoms with Gasteiger partial charge in [0, 0.05) is 12.6 Å². The Morgan fingerprint density at radius 3 is 2.72 bits per heavy atom. The second kappa shape index (κ2) is 4.47. The van der Waals surface area contributed by atoms with Gasteiger partial charge in [-0.1, -0.05) is 0 Å². The van der Waals surface area contributed by atoms with Crippen LogP contribution < -0.4 is 16.0 Å². The molecule has 0 bridgehead atoms. The highest BCUT2D eigenvalue weighted by atomic mass is 16.2. The second-order valence-corrected chi connectivity index (χ2v) is 5.12. The Hall–Kier alpha value is -1.79. The van der Waals surface area contributed by atoms with Crippen LogP contribution in [0.5, 0.6) is 0 Å². The third kappa shape index (κ3) is 2.25. The molecule has 2 heterocycles. The summed E-state index contributed by atoms with van der Waals surface area (Å²) in [5, 5.41) is 7.65. The van der Waals surface area contributed by atoms with Gasteiger partial charge in [0.05, 0.1) is 6.54 Å². The van der Waals surface area contributed by atoms with E-state index in [9.17, 15) is 14.4 Å². The second-order valence-electron chi connectivity index (χ2n) is 5.12. The smallest absolute Gasteiger partial charge is 0.322 e. The number of likely N-dealkylation sites (tertiary alicyclic amines) is 1. The summed E-state index contributed by atoms with van der Waals surface area (Å²) in [5.41, 5.74) is -0.941. The van der Waals surface area contributed by atoms with E-state index in [-0.39, 0.29) is 24.5 Å². The number of nitrogens with one attached hydrogen (secondary N) is 3. The first-order valence-electron chi connectivity index (χ1n) is 6.12. The van der Waals surface area contributed by atoms with Gasteiger partial charge in [-0.05, 0) is 26.7 Å². The fourth-order valence-electron chi connectivity index (χ4n) is 2.38. The number of hydrogen-bond acceptors (Lipinski definition) is 3. The maximum absolute atomic E-state index is 11.9. The van der Waals surface area contributed by atoms with Crippen molar-refractivity contribution in [2.75, 3.05) is 13.1 Å². The molecule has 7 heteroatoms. The van der Waals surface area contributed by atoms with Gasteiger partial charge in [-0.15, -0.1) is 0 Å². The predicted molar refractivity (Wildman–Crippen MR) is 63.9 cm³/mol. The summed E-state index contributed by atoms with van der Waals surface area (Å²) < 4.78 is 0. The van der Waals surface area contributed by atoms with Crippen molar-refractivity contribution in [2.45, 2.75) is 38.3 Å². The van der Waals surface area contributed by atoms with E-state index in [4.69, 9.17) is 0 Å². The van der Waals surface area contributed by atoms with E-state index in [1.54, 1.807) is 4.90 Å². The molecule has 100 valence electrons. The lowest BCUT2D eigenvalue weighted by atomic mass is 9.89. The first-order valence-corrected chi connectivity index (χ1v) is 6.12. The predicted octanol–water partition coefficient (Wildman–Crippen LogP) is -0.222. The fraction of sp³-hybridized carbons (Fsp3) is 0.727. The maximum atomic E-state index is 11.9. The van der Waals surface area contributed by atoms with Gasteiger partial charge in [-0.3, -0.25) is 10.1 Å². The minimum atomic E-state index is -0.941. The van der Waals surface area contributed by atoms with Crippen LogP contribution in [-0.2, 0) is 4.79 Å². The average molecular weight is 254 g/mol. The van der Waals surface area contributed by atoms with E-state index in [2.05, 4.69) is 16.0 Å². The molecular formula is C11H18N4O3. The molecule has 0 aromatic carbocycles. The van der Waals surface area contributed by atoms with Crippen LogP contribution in [-0.4, -0.2) is 47.5 Å². The van der Waals surface area contributed by atoms with Crippen LogP contribution >= 0.6 is 0 Å². The molecule has 0 aliphatic carbocycles. The molecule has 0 saturated carbocycles. The Labute approximate surface area is 105 Å². The van der Waals surface area contributed by atoms with Crippen LogP contribution in [0, 0.1) is 0 Å². The summed E-state index contributed by atoms with van der Waals surface area (Å²) in [7, 11) is 0. The fourth-order valence-corrected chi connectivity index (χ4v) is 2.38. The zero-order valence-corrected chi connectivity index (χ0v) is 10.6. The molecular weight excluding hydrogens is 236 g/mol. The summed E-state index contributed by atoms with van der Waals surface area (Å²) in [5.74, 6) is -0.338. The van der Waals surface area contributed by atoms with E-state index in [1.807, 2.05) is 13.8 Å². The SMILES string of the molecule is CC(C)NC(=O)N1CCCC2(C1)NC(=O)NC2=O. The van der Waals surface area contributed by atoms with Gasteiger partial charge in [0.2, 0.25) is 0 Å². The largest absolute Gasteiger partial charge is 0.336 e. The summed E-state index contributed by atoms with van der Waals surface area (Å²) in [6, 6.07) is -0.633. The molecule has 2 aliphatic heterocycles. The summed E-state index contributed by atoms with van der Waals surface area (Å²) in [6.45, 7) is 4.58. The molecule has 0 aromatic rings. The molecule has 0 radical (unpaired) electrons. The summed E-state index contributed by atoms with van der Waals surface area (Å²) >= 11 is 0. The molecule has 0 aromatic heterocycles. The third-order valence-electron chi connectivity index (χ3n) is 3.21. The van der Waals surface area contributed by atoms with Gasteiger partial charge in [0.15, 0.2) is 0 Å². The molecule has 2 rings (SSSR count). The molecule has 7 nitrogen and oxygen atoms in total. The number of rotatable bonds is 1. The monoisotopic (exact) mass is 254 g/mol. The Bertz CT molecular complexity index is 396. The third-order valence-corrected chi connectivity index (χ3v) is 3.21. The van der Waals surface area contributed by atoms with Gasteiger partial charge >= 0.3 is 12.1 Å². The van der Waals surface area contributed by atoms with E-state index >= 15 is 0 Å². The van der Waals surface area contributed by atoms with E-state index in [0.717, 1.165) is 0 Å².